The van der Waals surface area contributed by atoms with Crippen molar-refractivity contribution < 1.29 is 13.6 Å². The molecule has 2 N–H and O–H groups in total. The number of halogens is 2. The van der Waals surface area contributed by atoms with E-state index >= 15 is 0 Å². The molecule has 120 valence electrons. The molecule has 0 unspecified atom stereocenters. The van der Waals surface area contributed by atoms with Gasteiger partial charge in [-0.3, -0.25) is 0 Å². The molecule has 0 aliphatic heterocycles. The Hall–Kier alpha value is -2.43. The predicted octanol–water partition coefficient (Wildman–Crippen LogP) is 4.13. The zero-order valence-corrected chi connectivity index (χ0v) is 12.8. The fourth-order valence-corrected chi connectivity index (χ4v) is 2.63. The Morgan fingerprint density at radius 1 is 1.13 bits per heavy atom. The molecule has 0 heterocycles. The van der Waals surface area contributed by atoms with Crippen LogP contribution in [0, 0.1) is 18.6 Å². The lowest BCUT2D eigenvalue weighted by atomic mass is 9.95. The zero-order chi connectivity index (χ0) is 16.4. The Balaban J connectivity index is 1.59. The van der Waals surface area contributed by atoms with Crippen molar-refractivity contribution in [1.29, 1.82) is 0 Å². The van der Waals surface area contributed by atoms with Gasteiger partial charge in [0, 0.05) is 18.0 Å². The minimum Gasteiger partial charge on any atom is -0.337 e. The van der Waals surface area contributed by atoms with Crippen molar-refractivity contribution in [2.45, 2.75) is 25.2 Å². The molecule has 1 saturated carbocycles. The fourth-order valence-electron chi connectivity index (χ4n) is 2.63. The summed E-state index contributed by atoms with van der Waals surface area (Å²) in [7, 11) is 0. The molecule has 5 heteroatoms. The number of carbonyl (C=O) groups excluding carboxylic acids is 1. The number of aryl methyl sites for hydroxylation is 1. The lowest BCUT2D eigenvalue weighted by Gasteiger charge is -2.17. The van der Waals surface area contributed by atoms with Gasteiger partial charge in [0.2, 0.25) is 0 Å². The molecule has 1 aliphatic rings. The minimum absolute atomic E-state index is 0.0214. The molecule has 2 aromatic carbocycles. The quantitative estimate of drug-likeness (QED) is 0.875. The van der Waals surface area contributed by atoms with Crippen molar-refractivity contribution in [1.82, 2.24) is 5.32 Å². The second kappa shape index (κ2) is 5.99. The molecule has 23 heavy (non-hydrogen) atoms. The molecule has 0 aromatic heterocycles. The number of carbonyl (C=O) groups is 1. The molecular formula is C18H18F2N2O. The number of urea groups is 1. The van der Waals surface area contributed by atoms with E-state index in [0.717, 1.165) is 25.0 Å². The Labute approximate surface area is 133 Å². The van der Waals surface area contributed by atoms with Crippen LogP contribution >= 0.6 is 0 Å². The molecule has 3 nitrogen and oxygen atoms in total. The molecule has 2 aromatic rings. The molecule has 0 bridgehead atoms. The average Bonchev–Trinajstić information content (AvgIpc) is 3.30. The van der Waals surface area contributed by atoms with Crippen LogP contribution in [0.1, 0.15) is 24.0 Å². The van der Waals surface area contributed by atoms with Crippen LogP contribution in [0.25, 0.3) is 0 Å². The van der Waals surface area contributed by atoms with Crippen molar-refractivity contribution in [3.8, 4) is 0 Å². The molecule has 1 aliphatic carbocycles. The van der Waals surface area contributed by atoms with Crippen molar-refractivity contribution in [2.24, 2.45) is 0 Å². The fraction of sp³-hybridized carbons (Fsp3) is 0.278. The maximum atomic E-state index is 13.5. The lowest BCUT2D eigenvalue weighted by Crippen LogP contribution is -2.35. The summed E-state index contributed by atoms with van der Waals surface area (Å²) in [5, 5.41) is 5.19. The SMILES string of the molecule is Cc1ccc(C2(CNC(=O)Nc3ccc(F)cc3F)CC2)cc1. The molecule has 1 fully saturated rings. The molecule has 0 radical (unpaired) electrons. The number of hydrogen-bond acceptors (Lipinski definition) is 1. The van der Waals surface area contributed by atoms with E-state index < -0.39 is 17.7 Å². The van der Waals surface area contributed by atoms with Gasteiger partial charge in [0.15, 0.2) is 0 Å². The van der Waals surface area contributed by atoms with Gasteiger partial charge < -0.3 is 10.6 Å². The van der Waals surface area contributed by atoms with Crippen molar-refractivity contribution in [2.75, 3.05) is 11.9 Å². The Kier molecular flexibility index (Phi) is 4.03. The molecular weight excluding hydrogens is 298 g/mol. The summed E-state index contributed by atoms with van der Waals surface area (Å²) in [6.07, 6.45) is 2.03. The van der Waals surface area contributed by atoms with Crippen LogP contribution in [-0.4, -0.2) is 12.6 Å². The van der Waals surface area contributed by atoms with Gasteiger partial charge in [0.05, 0.1) is 5.69 Å². The number of amides is 2. The van der Waals surface area contributed by atoms with Crippen molar-refractivity contribution in [3.05, 3.63) is 65.2 Å². The van der Waals surface area contributed by atoms with E-state index in [1.54, 1.807) is 0 Å². The van der Waals surface area contributed by atoms with Gasteiger partial charge in [0.25, 0.3) is 0 Å². The van der Waals surface area contributed by atoms with Gasteiger partial charge in [-0.1, -0.05) is 29.8 Å². The van der Waals surface area contributed by atoms with Crippen molar-refractivity contribution in [3.63, 3.8) is 0 Å². The minimum atomic E-state index is -0.792. The van der Waals surface area contributed by atoms with Crippen LogP contribution in [0.5, 0.6) is 0 Å². The van der Waals surface area contributed by atoms with Crippen LogP contribution in [0.4, 0.5) is 19.3 Å². The molecule has 0 saturated heterocycles. The van der Waals surface area contributed by atoms with Crippen LogP contribution in [-0.2, 0) is 5.41 Å². The second-order valence-electron chi connectivity index (χ2n) is 6.08. The second-order valence-corrected chi connectivity index (χ2v) is 6.08. The largest absolute Gasteiger partial charge is 0.337 e. The van der Waals surface area contributed by atoms with E-state index in [2.05, 4.69) is 34.9 Å². The topological polar surface area (TPSA) is 41.1 Å². The van der Waals surface area contributed by atoms with E-state index in [1.807, 2.05) is 6.92 Å². The maximum absolute atomic E-state index is 13.5. The zero-order valence-electron chi connectivity index (χ0n) is 12.8. The third-order valence-electron chi connectivity index (χ3n) is 4.28. The smallest absolute Gasteiger partial charge is 0.319 e. The molecule has 3 rings (SSSR count). The van der Waals surface area contributed by atoms with Crippen LogP contribution < -0.4 is 10.6 Å². The first-order chi connectivity index (χ1) is 11.0. The van der Waals surface area contributed by atoms with E-state index in [0.29, 0.717) is 6.54 Å². The van der Waals surface area contributed by atoms with Gasteiger partial charge in [0.1, 0.15) is 11.6 Å². The third kappa shape index (κ3) is 3.50. The van der Waals surface area contributed by atoms with Gasteiger partial charge in [-0.05, 0) is 37.5 Å². The number of nitrogens with one attached hydrogen (secondary N) is 2. The predicted molar refractivity (Wildman–Crippen MR) is 85.5 cm³/mol. The molecule has 2 amide bonds. The summed E-state index contributed by atoms with van der Waals surface area (Å²) in [6.45, 7) is 2.52. The van der Waals surface area contributed by atoms with Crippen LogP contribution in [0.15, 0.2) is 42.5 Å². The molecule has 0 spiro atoms. The van der Waals surface area contributed by atoms with E-state index in [4.69, 9.17) is 0 Å². The van der Waals surface area contributed by atoms with E-state index in [1.165, 1.54) is 17.2 Å². The van der Waals surface area contributed by atoms with E-state index in [-0.39, 0.29) is 11.1 Å². The first kappa shape index (κ1) is 15.5. The maximum Gasteiger partial charge on any atom is 0.319 e. The molecule has 0 atom stereocenters. The summed E-state index contributed by atoms with van der Waals surface area (Å²) >= 11 is 0. The summed E-state index contributed by atoms with van der Waals surface area (Å²) in [4.78, 5) is 11.9. The summed E-state index contributed by atoms with van der Waals surface area (Å²) in [5.41, 5.74) is 2.34. The Morgan fingerprint density at radius 3 is 2.43 bits per heavy atom. The van der Waals surface area contributed by atoms with Crippen molar-refractivity contribution >= 4 is 11.7 Å². The highest BCUT2D eigenvalue weighted by Crippen LogP contribution is 2.47. The van der Waals surface area contributed by atoms with Gasteiger partial charge in [-0.15, -0.1) is 0 Å². The third-order valence-corrected chi connectivity index (χ3v) is 4.28. The van der Waals surface area contributed by atoms with E-state index in [9.17, 15) is 13.6 Å². The Bertz CT molecular complexity index is 724. The van der Waals surface area contributed by atoms with Gasteiger partial charge in [-0.2, -0.15) is 0 Å². The first-order valence-corrected chi connectivity index (χ1v) is 7.56. The number of hydrogen-bond donors (Lipinski definition) is 2. The highest BCUT2D eigenvalue weighted by Gasteiger charge is 2.44. The lowest BCUT2D eigenvalue weighted by molar-refractivity contribution is 0.251. The highest BCUT2D eigenvalue weighted by molar-refractivity contribution is 5.89. The average molecular weight is 316 g/mol. The number of anilines is 1. The monoisotopic (exact) mass is 316 g/mol. The Morgan fingerprint density at radius 2 is 1.83 bits per heavy atom. The summed E-state index contributed by atoms with van der Waals surface area (Å²) < 4.78 is 26.4. The van der Waals surface area contributed by atoms with Crippen LogP contribution in [0.2, 0.25) is 0 Å². The highest BCUT2D eigenvalue weighted by atomic mass is 19.1. The number of benzene rings is 2. The first-order valence-electron chi connectivity index (χ1n) is 7.56. The van der Waals surface area contributed by atoms with Gasteiger partial charge in [-0.25, -0.2) is 13.6 Å². The normalized spacial score (nSPS) is 15.1. The van der Waals surface area contributed by atoms with Gasteiger partial charge >= 0.3 is 6.03 Å². The summed E-state index contributed by atoms with van der Waals surface area (Å²) in [5.74, 6) is -1.47. The van der Waals surface area contributed by atoms with Crippen LogP contribution in [0.3, 0.4) is 0 Å². The summed E-state index contributed by atoms with van der Waals surface area (Å²) in [6, 6.07) is 10.8. The number of rotatable bonds is 4. The standard InChI is InChI=1S/C18H18F2N2O/c1-12-2-4-13(5-3-12)18(8-9-18)11-21-17(23)22-16-7-6-14(19)10-15(16)20/h2-7,10H,8-9,11H2,1H3,(H2,21,22,23).